The number of carbonyl (C=O) groups excluding carboxylic acids is 2. The summed E-state index contributed by atoms with van der Waals surface area (Å²) in [4.78, 5) is 46.2. The van der Waals surface area contributed by atoms with Crippen molar-refractivity contribution >= 4 is 35.2 Å². The zero-order valence-corrected chi connectivity index (χ0v) is 24.9. The number of carbonyl (C=O) groups is 3. The third-order valence-corrected chi connectivity index (χ3v) is 7.58. The summed E-state index contributed by atoms with van der Waals surface area (Å²) in [5.41, 5.74) is 3.79. The number of nitrogens with zero attached hydrogens (tertiary/aromatic N) is 3. The molecule has 1 aliphatic rings. The smallest absolute Gasteiger partial charge is 0.305 e. The molecule has 0 saturated carbocycles. The third-order valence-electron chi connectivity index (χ3n) is 7.36. The van der Waals surface area contributed by atoms with E-state index in [0.29, 0.717) is 22.0 Å². The molecule has 0 radical (unpaired) electrons. The standard InChI is InChI=1S/C31H35ClFN5O4/c1-18-13-22(32)14-19(2)29(18)21-12-20(3)30(33)23(15-21)25(16-28(40)41)36-27(39)17-34-31(42)24-6-5-7-26(35-24)38-10-8-37(4)9-11-38/h5-7,12-15,25H,8-11,16-17H2,1-4H3,(H,34,42)(H,36,39)(H,40,41). The summed E-state index contributed by atoms with van der Waals surface area (Å²) in [5.74, 6) is -2.35. The molecule has 1 aliphatic heterocycles. The Labute approximate surface area is 249 Å². The van der Waals surface area contributed by atoms with E-state index in [0.717, 1.165) is 42.9 Å². The number of benzene rings is 2. The van der Waals surface area contributed by atoms with Gasteiger partial charge in [0.05, 0.1) is 19.0 Å². The van der Waals surface area contributed by atoms with Gasteiger partial charge in [0.1, 0.15) is 17.3 Å². The number of rotatable bonds is 9. The van der Waals surface area contributed by atoms with E-state index >= 15 is 4.39 Å². The molecule has 1 saturated heterocycles. The van der Waals surface area contributed by atoms with Crippen molar-refractivity contribution in [2.24, 2.45) is 0 Å². The summed E-state index contributed by atoms with van der Waals surface area (Å²) < 4.78 is 15.4. The number of carboxylic acids is 1. The number of nitrogens with one attached hydrogen (secondary N) is 2. The summed E-state index contributed by atoms with van der Waals surface area (Å²) in [7, 11) is 2.05. The Morgan fingerprint density at radius 2 is 1.69 bits per heavy atom. The molecule has 1 atom stereocenters. The summed E-state index contributed by atoms with van der Waals surface area (Å²) in [6.07, 6.45) is -0.549. The number of halogens is 2. The van der Waals surface area contributed by atoms with Gasteiger partial charge in [-0.3, -0.25) is 14.4 Å². The number of piperazine rings is 1. The number of aromatic nitrogens is 1. The van der Waals surface area contributed by atoms with E-state index in [1.807, 2.05) is 19.9 Å². The highest BCUT2D eigenvalue weighted by atomic mass is 35.5. The highest BCUT2D eigenvalue weighted by Crippen LogP contribution is 2.34. The Morgan fingerprint density at radius 3 is 2.33 bits per heavy atom. The number of hydrogen-bond acceptors (Lipinski definition) is 6. The molecule has 42 heavy (non-hydrogen) atoms. The van der Waals surface area contributed by atoms with Crippen molar-refractivity contribution in [1.82, 2.24) is 20.5 Å². The molecule has 9 nitrogen and oxygen atoms in total. The zero-order valence-electron chi connectivity index (χ0n) is 24.1. The van der Waals surface area contributed by atoms with Gasteiger partial charge in [-0.1, -0.05) is 17.7 Å². The van der Waals surface area contributed by atoms with Crippen LogP contribution in [0.4, 0.5) is 10.2 Å². The number of pyridine rings is 1. The Bertz CT molecular complexity index is 1480. The molecular weight excluding hydrogens is 561 g/mol. The Kier molecular flexibility index (Phi) is 9.80. The van der Waals surface area contributed by atoms with Crippen LogP contribution in [0.3, 0.4) is 0 Å². The number of aliphatic carboxylic acids is 1. The molecule has 2 amide bonds. The highest BCUT2D eigenvalue weighted by Gasteiger charge is 2.25. The Morgan fingerprint density at radius 1 is 1.02 bits per heavy atom. The van der Waals surface area contributed by atoms with Crippen molar-refractivity contribution in [2.75, 3.05) is 44.7 Å². The van der Waals surface area contributed by atoms with Gasteiger partial charge in [-0.25, -0.2) is 9.37 Å². The van der Waals surface area contributed by atoms with Gasteiger partial charge in [0, 0.05) is 36.8 Å². The van der Waals surface area contributed by atoms with Crippen LogP contribution < -0.4 is 15.5 Å². The Balaban J connectivity index is 1.50. The Hall–Kier alpha value is -4.02. The predicted octanol–water partition coefficient (Wildman–Crippen LogP) is 4.28. The van der Waals surface area contributed by atoms with E-state index in [1.165, 1.54) is 0 Å². The minimum absolute atomic E-state index is 0.0439. The van der Waals surface area contributed by atoms with Gasteiger partial charge in [-0.05, 0) is 92.0 Å². The van der Waals surface area contributed by atoms with Crippen LogP contribution in [0, 0.1) is 26.6 Å². The normalized spacial score (nSPS) is 14.4. The monoisotopic (exact) mass is 595 g/mol. The van der Waals surface area contributed by atoms with Crippen LogP contribution in [-0.4, -0.2) is 72.5 Å². The van der Waals surface area contributed by atoms with Crippen molar-refractivity contribution in [3.63, 3.8) is 0 Å². The molecule has 0 aliphatic carbocycles. The second-order valence-corrected chi connectivity index (χ2v) is 11.1. The molecule has 222 valence electrons. The van der Waals surface area contributed by atoms with Gasteiger partial charge in [0.2, 0.25) is 5.91 Å². The van der Waals surface area contributed by atoms with Gasteiger partial charge >= 0.3 is 5.97 Å². The van der Waals surface area contributed by atoms with Crippen molar-refractivity contribution < 1.29 is 23.9 Å². The summed E-state index contributed by atoms with van der Waals surface area (Å²) in [5, 5.41) is 15.3. The number of amides is 2. The second kappa shape index (κ2) is 13.3. The quantitative estimate of drug-likeness (QED) is 0.338. The maximum Gasteiger partial charge on any atom is 0.305 e. The number of hydrogen-bond donors (Lipinski definition) is 3. The fourth-order valence-corrected chi connectivity index (χ4v) is 5.56. The topological polar surface area (TPSA) is 115 Å². The van der Waals surface area contributed by atoms with E-state index in [9.17, 15) is 19.5 Å². The number of likely N-dealkylation sites (N-methyl/N-ethyl adjacent to an activating group) is 1. The van der Waals surface area contributed by atoms with Crippen LogP contribution in [0.2, 0.25) is 5.02 Å². The maximum atomic E-state index is 15.4. The molecule has 1 unspecified atom stereocenters. The van der Waals surface area contributed by atoms with Crippen molar-refractivity contribution in [2.45, 2.75) is 33.2 Å². The summed E-state index contributed by atoms with van der Waals surface area (Å²) in [6.45, 7) is 8.28. The second-order valence-electron chi connectivity index (χ2n) is 10.7. The van der Waals surface area contributed by atoms with E-state index in [-0.39, 0.29) is 11.3 Å². The maximum absolute atomic E-state index is 15.4. The molecule has 1 aromatic heterocycles. The average Bonchev–Trinajstić information content (AvgIpc) is 2.93. The average molecular weight is 596 g/mol. The van der Waals surface area contributed by atoms with Crippen LogP contribution >= 0.6 is 11.6 Å². The molecule has 0 spiro atoms. The van der Waals surface area contributed by atoms with Crippen molar-refractivity contribution in [3.05, 3.63) is 81.3 Å². The minimum Gasteiger partial charge on any atom is -0.481 e. The molecule has 3 aromatic rings. The number of anilines is 1. The molecule has 1 fully saturated rings. The van der Waals surface area contributed by atoms with Gasteiger partial charge < -0.3 is 25.5 Å². The van der Waals surface area contributed by atoms with E-state index < -0.39 is 42.6 Å². The van der Waals surface area contributed by atoms with Crippen molar-refractivity contribution in [3.8, 4) is 11.1 Å². The summed E-state index contributed by atoms with van der Waals surface area (Å²) in [6, 6.07) is 10.8. The lowest BCUT2D eigenvalue weighted by Gasteiger charge is -2.33. The first-order valence-corrected chi connectivity index (χ1v) is 14.1. The van der Waals surface area contributed by atoms with Gasteiger partial charge in [-0.15, -0.1) is 0 Å². The molecular formula is C31H35ClFN5O4. The predicted molar refractivity (Wildman–Crippen MR) is 160 cm³/mol. The minimum atomic E-state index is -1.21. The molecule has 11 heteroatoms. The fraction of sp³-hybridized carbons (Fsp3) is 0.355. The highest BCUT2D eigenvalue weighted by molar-refractivity contribution is 6.30. The molecule has 2 aromatic carbocycles. The molecule has 0 bridgehead atoms. The van der Waals surface area contributed by atoms with Crippen LogP contribution in [0.15, 0.2) is 42.5 Å². The number of carboxylic acid groups (broad SMARTS) is 1. The van der Waals surface area contributed by atoms with Gasteiger partial charge in [0.25, 0.3) is 5.91 Å². The lowest BCUT2D eigenvalue weighted by Crippen LogP contribution is -2.45. The van der Waals surface area contributed by atoms with E-state index in [4.69, 9.17) is 11.6 Å². The van der Waals surface area contributed by atoms with E-state index in [2.05, 4.69) is 32.5 Å². The summed E-state index contributed by atoms with van der Waals surface area (Å²) >= 11 is 6.19. The molecule has 4 rings (SSSR count). The van der Waals surface area contributed by atoms with Crippen LogP contribution in [-0.2, 0) is 9.59 Å². The first-order valence-electron chi connectivity index (χ1n) is 13.7. The third kappa shape index (κ3) is 7.43. The first-order chi connectivity index (χ1) is 19.9. The number of aryl methyl sites for hydroxylation is 3. The molecule has 3 N–H and O–H groups in total. The van der Waals surface area contributed by atoms with Crippen LogP contribution in [0.5, 0.6) is 0 Å². The molecule has 2 heterocycles. The lowest BCUT2D eigenvalue weighted by molar-refractivity contribution is -0.137. The van der Waals surface area contributed by atoms with Crippen LogP contribution in [0.1, 0.15) is 45.2 Å². The van der Waals surface area contributed by atoms with Gasteiger partial charge in [-0.2, -0.15) is 0 Å². The fourth-order valence-electron chi connectivity index (χ4n) is 5.23. The van der Waals surface area contributed by atoms with Crippen LogP contribution in [0.25, 0.3) is 11.1 Å². The van der Waals surface area contributed by atoms with E-state index in [1.54, 1.807) is 43.3 Å². The largest absolute Gasteiger partial charge is 0.481 e. The zero-order chi connectivity index (χ0) is 30.6. The van der Waals surface area contributed by atoms with Crippen molar-refractivity contribution in [1.29, 1.82) is 0 Å². The van der Waals surface area contributed by atoms with Gasteiger partial charge in [0.15, 0.2) is 0 Å². The SMILES string of the molecule is Cc1cc(-c2c(C)cc(Cl)cc2C)cc(C(CC(=O)O)NC(=O)CNC(=O)c2cccc(N3CCN(C)CC3)n2)c1F. The first kappa shape index (κ1) is 30.9. The lowest BCUT2D eigenvalue weighted by atomic mass is 9.90.